The van der Waals surface area contributed by atoms with Crippen LogP contribution >= 0.6 is 0 Å². The van der Waals surface area contributed by atoms with Gasteiger partial charge in [0.1, 0.15) is 5.75 Å². The number of aryl methyl sites for hydroxylation is 2. The van der Waals surface area contributed by atoms with Crippen LogP contribution < -0.4 is 15.8 Å². The smallest absolute Gasteiger partial charge is 0.410 e. The summed E-state index contributed by atoms with van der Waals surface area (Å²) in [4.78, 5) is 11.3. The Labute approximate surface area is 89.4 Å². The molecule has 0 aromatic heterocycles. The summed E-state index contributed by atoms with van der Waals surface area (Å²) in [5.74, 6) is 0.618. The largest absolute Gasteiger partial charge is 0.412 e. The third-order valence-corrected chi connectivity index (χ3v) is 2.02. The van der Waals surface area contributed by atoms with Gasteiger partial charge in [-0.25, -0.2) is 4.79 Å². The van der Waals surface area contributed by atoms with Gasteiger partial charge in [0.25, 0.3) is 0 Å². The second-order valence-corrected chi connectivity index (χ2v) is 3.33. The van der Waals surface area contributed by atoms with Crippen LogP contribution in [0.15, 0.2) is 18.2 Å². The lowest BCUT2D eigenvalue weighted by molar-refractivity contribution is 0.200. The quantitative estimate of drug-likeness (QED) is 0.788. The highest BCUT2D eigenvalue weighted by atomic mass is 16.6. The molecule has 0 spiro atoms. The summed E-state index contributed by atoms with van der Waals surface area (Å²) < 4.78 is 5.17. The number of benzene rings is 1. The molecule has 3 N–H and O–H groups in total. The van der Waals surface area contributed by atoms with Crippen molar-refractivity contribution in [1.82, 2.24) is 5.32 Å². The molecular formula is C11H16N2O2. The van der Waals surface area contributed by atoms with E-state index >= 15 is 0 Å². The third kappa shape index (κ3) is 3.25. The first kappa shape index (κ1) is 11.5. The van der Waals surface area contributed by atoms with Crippen LogP contribution in [-0.4, -0.2) is 19.2 Å². The van der Waals surface area contributed by atoms with Crippen LogP contribution in [0.4, 0.5) is 4.79 Å². The lowest BCUT2D eigenvalue weighted by Crippen LogP contribution is -2.31. The topological polar surface area (TPSA) is 64.3 Å². The minimum atomic E-state index is -0.460. The molecule has 1 rings (SSSR count). The summed E-state index contributed by atoms with van der Waals surface area (Å²) in [6.07, 6.45) is -0.460. The van der Waals surface area contributed by atoms with Gasteiger partial charge in [0, 0.05) is 13.1 Å². The Hall–Kier alpha value is -1.55. The number of ether oxygens (including phenoxy) is 1. The highest BCUT2D eigenvalue weighted by Gasteiger charge is 2.08. The SMILES string of the molecule is Cc1cccc(C)c1OC(=O)NCCN. The van der Waals surface area contributed by atoms with Gasteiger partial charge in [-0.15, -0.1) is 0 Å². The molecule has 0 radical (unpaired) electrons. The first-order valence-electron chi connectivity index (χ1n) is 4.87. The number of hydrogen-bond donors (Lipinski definition) is 2. The van der Waals surface area contributed by atoms with Crippen LogP contribution in [0.25, 0.3) is 0 Å². The van der Waals surface area contributed by atoms with Crippen molar-refractivity contribution < 1.29 is 9.53 Å². The summed E-state index contributed by atoms with van der Waals surface area (Å²) in [5, 5.41) is 2.55. The minimum Gasteiger partial charge on any atom is -0.410 e. The molecule has 15 heavy (non-hydrogen) atoms. The number of carbonyl (C=O) groups is 1. The van der Waals surface area contributed by atoms with Gasteiger partial charge >= 0.3 is 6.09 Å². The predicted octanol–water partition coefficient (Wildman–Crippen LogP) is 1.35. The molecule has 0 unspecified atom stereocenters. The molecule has 0 fully saturated rings. The maximum atomic E-state index is 11.3. The maximum absolute atomic E-state index is 11.3. The Morgan fingerprint density at radius 2 is 2.00 bits per heavy atom. The van der Waals surface area contributed by atoms with E-state index in [-0.39, 0.29) is 0 Å². The number of carbonyl (C=O) groups excluding carboxylic acids is 1. The highest BCUT2D eigenvalue weighted by Crippen LogP contribution is 2.22. The molecule has 0 aliphatic carbocycles. The van der Waals surface area contributed by atoms with Crippen LogP contribution in [0.2, 0.25) is 0 Å². The fraction of sp³-hybridized carbons (Fsp3) is 0.364. The van der Waals surface area contributed by atoms with Crippen LogP contribution in [0.5, 0.6) is 5.75 Å². The van der Waals surface area contributed by atoms with Crippen molar-refractivity contribution in [1.29, 1.82) is 0 Å². The molecule has 4 heteroatoms. The number of nitrogens with one attached hydrogen (secondary N) is 1. The van der Waals surface area contributed by atoms with E-state index in [0.29, 0.717) is 18.8 Å². The monoisotopic (exact) mass is 208 g/mol. The molecular weight excluding hydrogens is 192 g/mol. The van der Waals surface area contributed by atoms with Crippen LogP contribution in [-0.2, 0) is 0 Å². The van der Waals surface area contributed by atoms with Gasteiger partial charge in [-0.1, -0.05) is 18.2 Å². The Bertz CT molecular complexity index is 330. The maximum Gasteiger partial charge on any atom is 0.412 e. The summed E-state index contributed by atoms with van der Waals surface area (Å²) in [6.45, 7) is 4.63. The van der Waals surface area contributed by atoms with Crippen molar-refractivity contribution in [2.24, 2.45) is 5.73 Å². The molecule has 0 aliphatic heterocycles. The number of hydrogen-bond acceptors (Lipinski definition) is 3. The molecule has 0 aliphatic rings. The molecule has 0 bridgehead atoms. The third-order valence-electron chi connectivity index (χ3n) is 2.02. The molecule has 82 valence electrons. The van der Waals surface area contributed by atoms with Gasteiger partial charge < -0.3 is 15.8 Å². The average Bonchev–Trinajstić information content (AvgIpc) is 2.21. The Morgan fingerprint density at radius 1 is 1.40 bits per heavy atom. The minimum absolute atomic E-state index is 0.405. The molecule has 4 nitrogen and oxygen atoms in total. The molecule has 0 saturated carbocycles. The van der Waals surface area contributed by atoms with Crippen molar-refractivity contribution in [3.63, 3.8) is 0 Å². The van der Waals surface area contributed by atoms with Gasteiger partial charge in [0.2, 0.25) is 0 Å². The first-order valence-corrected chi connectivity index (χ1v) is 4.87. The van der Waals surface area contributed by atoms with Crippen LogP contribution in [0.1, 0.15) is 11.1 Å². The van der Waals surface area contributed by atoms with Crippen molar-refractivity contribution in [3.05, 3.63) is 29.3 Å². The normalized spacial score (nSPS) is 9.80. The molecule has 1 aromatic carbocycles. The standard InChI is InChI=1S/C11H16N2O2/c1-8-4-3-5-9(2)10(8)15-11(14)13-7-6-12/h3-5H,6-7,12H2,1-2H3,(H,13,14). The van der Waals surface area contributed by atoms with E-state index in [0.717, 1.165) is 11.1 Å². The lowest BCUT2D eigenvalue weighted by atomic mass is 10.1. The van der Waals surface area contributed by atoms with Crippen LogP contribution in [0.3, 0.4) is 0 Å². The van der Waals surface area contributed by atoms with Crippen LogP contribution in [0, 0.1) is 13.8 Å². The Balaban J connectivity index is 2.68. The van der Waals surface area contributed by atoms with Gasteiger partial charge in [0.05, 0.1) is 0 Å². The van der Waals surface area contributed by atoms with E-state index in [1.54, 1.807) is 0 Å². The lowest BCUT2D eigenvalue weighted by Gasteiger charge is -2.10. The molecule has 1 aromatic rings. The van der Waals surface area contributed by atoms with Gasteiger partial charge in [-0.05, 0) is 25.0 Å². The Morgan fingerprint density at radius 3 is 2.53 bits per heavy atom. The predicted molar refractivity (Wildman–Crippen MR) is 59.0 cm³/mol. The summed E-state index contributed by atoms with van der Waals surface area (Å²) in [6, 6.07) is 5.73. The fourth-order valence-electron chi connectivity index (χ4n) is 1.26. The zero-order chi connectivity index (χ0) is 11.3. The van der Waals surface area contributed by atoms with E-state index in [9.17, 15) is 4.79 Å². The van der Waals surface area contributed by atoms with Crippen molar-refractivity contribution in [2.45, 2.75) is 13.8 Å². The van der Waals surface area contributed by atoms with Crippen molar-refractivity contribution >= 4 is 6.09 Å². The zero-order valence-corrected chi connectivity index (χ0v) is 9.04. The van der Waals surface area contributed by atoms with Gasteiger partial charge in [-0.3, -0.25) is 0 Å². The zero-order valence-electron chi connectivity index (χ0n) is 9.04. The number of amides is 1. The summed E-state index contributed by atoms with van der Waals surface area (Å²) in [7, 11) is 0. The van der Waals surface area contributed by atoms with E-state index in [1.165, 1.54) is 0 Å². The van der Waals surface area contributed by atoms with E-state index in [1.807, 2.05) is 32.0 Å². The highest BCUT2D eigenvalue weighted by molar-refractivity contribution is 5.71. The Kier molecular flexibility index (Phi) is 4.12. The van der Waals surface area contributed by atoms with Gasteiger partial charge in [0.15, 0.2) is 0 Å². The number of nitrogens with two attached hydrogens (primary N) is 1. The van der Waals surface area contributed by atoms with E-state index in [2.05, 4.69) is 5.32 Å². The summed E-state index contributed by atoms with van der Waals surface area (Å²) in [5.41, 5.74) is 7.14. The molecule has 0 saturated heterocycles. The van der Waals surface area contributed by atoms with Crippen molar-refractivity contribution in [2.75, 3.05) is 13.1 Å². The number of para-hydroxylation sites is 1. The second-order valence-electron chi connectivity index (χ2n) is 3.33. The average molecular weight is 208 g/mol. The summed E-state index contributed by atoms with van der Waals surface area (Å²) >= 11 is 0. The van der Waals surface area contributed by atoms with E-state index in [4.69, 9.17) is 10.5 Å². The molecule has 0 heterocycles. The molecule has 0 atom stereocenters. The van der Waals surface area contributed by atoms with E-state index < -0.39 is 6.09 Å². The first-order chi connectivity index (χ1) is 7.15. The van der Waals surface area contributed by atoms with Crippen molar-refractivity contribution in [3.8, 4) is 5.75 Å². The number of rotatable bonds is 3. The second kappa shape index (κ2) is 5.36. The van der Waals surface area contributed by atoms with Gasteiger partial charge in [-0.2, -0.15) is 0 Å². The molecule has 1 amide bonds. The fourth-order valence-corrected chi connectivity index (χ4v) is 1.26.